The van der Waals surface area contributed by atoms with Crippen molar-refractivity contribution >= 4 is 29.7 Å². The number of aliphatic imine (C=N–C) groups is 1. The number of rotatable bonds is 11. The number of benzene rings is 2. The van der Waals surface area contributed by atoms with Crippen LogP contribution in [0.2, 0.25) is 0 Å². The van der Waals surface area contributed by atoms with Crippen molar-refractivity contribution in [2.45, 2.75) is 57.8 Å². The smallest absolute Gasteiger partial charge is 0.414 e. The maximum Gasteiger partial charge on any atom is 0.414 e. The van der Waals surface area contributed by atoms with Crippen molar-refractivity contribution < 1.29 is 23.8 Å². The van der Waals surface area contributed by atoms with Gasteiger partial charge in [0, 0.05) is 66.9 Å². The molecule has 2 aliphatic rings. The van der Waals surface area contributed by atoms with Gasteiger partial charge in [-0.15, -0.1) is 0 Å². The Balaban J connectivity index is 1.46. The van der Waals surface area contributed by atoms with E-state index in [1.54, 1.807) is 80.2 Å². The third-order valence-corrected chi connectivity index (χ3v) is 7.91. The molecule has 0 saturated carbocycles. The molecule has 4 N–H and O–H groups in total. The standard InChI is InChI=1S/C39H43N7O5/c1-39(2,3)51-38(48)46-22-10-11-29(25-46)44-31-12-6-8-21-42-36(43-24-28-18-19-30(49-4)23-32(28)50-5)34(31)35(40)26-14-16-27(17-15-26)37(47)45-33-13-7-9-20-41-33/h7,9-10,13-23,29,31,40,43-44H,8,11,24-25H2,1-5H3,(H,41,45,47)/b36-34-,40-35?,42-21-/t29-,31?/m1/s1. The van der Waals surface area contributed by atoms with Gasteiger partial charge in [0.2, 0.25) is 0 Å². The van der Waals surface area contributed by atoms with Crippen molar-refractivity contribution in [2.75, 3.05) is 26.1 Å². The summed E-state index contributed by atoms with van der Waals surface area (Å²) in [6.45, 7) is 6.17. The summed E-state index contributed by atoms with van der Waals surface area (Å²) < 4.78 is 16.6. The molecular weight excluding hydrogens is 646 g/mol. The number of methoxy groups -OCH3 is 2. The molecule has 3 heterocycles. The molecule has 0 saturated heterocycles. The summed E-state index contributed by atoms with van der Waals surface area (Å²) in [6, 6.07) is 16.8. The van der Waals surface area contributed by atoms with Crippen LogP contribution < -0.4 is 25.4 Å². The summed E-state index contributed by atoms with van der Waals surface area (Å²) in [7, 11) is 3.20. The monoisotopic (exact) mass is 689 g/mol. The van der Waals surface area contributed by atoms with E-state index >= 15 is 0 Å². The van der Waals surface area contributed by atoms with E-state index in [2.05, 4.69) is 32.8 Å². The second kappa shape index (κ2) is 16.7. The molecular formula is C39H43N7O5. The predicted molar refractivity (Wildman–Crippen MR) is 197 cm³/mol. The molecule has 0 bridgehead atoms. The normalized spacial score (nSPS) is 19.0. The average molecular weight is 690 g/mol. The van der Waals surface area contributed by atoms with Gasteiger partial charge in [-0.1, -0.05) is 36.1 Å². The average Bonchev–Trinajstić information content (AvgIpc) is 3.12. The number of carbonyl (C=O) groups excluding carboxylic acids is 2. The lowest BCUT2D eigenvalue weighted by Gasteiger charge is -2.33. The Morgan fingerprint density at radius 1 is 1.04 bits per heavy atom. The summed E-state index contributed by atoms with van der Waals surface area (Å²) >= 11 is 0. The van der Waals surface area contributed by atoms with Gasteiger partial charge in [0.05, 0.1) is 19.9 Å². The Morgan fingerprint density at radius 3 is 2.53 bits per heavy atom. The molecule has 0 spiro atoms. The van der Waals surface area contributed by atoms with Gasteiger partial charge in [-0.2, -0.15) is 0 Å². The Labute approximate surface area is 298 Å². The molecule has 0 radical (unpaired) electrons. The van der Waals surface area contributed by atoms with Crippen LogP contribution in [-0.2, 0) is 11.3 Å². The van der Waals surface area contributed by atoms with Crippen molar-refractivity contribution in [3.63, 3.8) is 0 Å². The SMILES string of the molecule is COc1ccc(CNC2=C(\C(=N)c3ccc(C(=O)Nc4ccccn4)cc3)C(N[C@@H]3CC=CN(C(=O)OC(C)(C)C)C3)C#CC/C=N\2)c(OC)c1. The van der Waals surface area contributed by atoms with E-state index in [9.17, 15) is 15.0 Å². The van der Waals surface area contributed by atoms with E-state index in [4.69, 9.17) is 19.2 Å². The molecule has 0 aliphatic carbocycles. The van der Waals surface area contributed by atoms with Gasteiger partial charge in [0.15, 0.2) is 0 Å². The molecule has 2 atom stereocenters. The second-order valence-corrected chi connectivity index (χ2v) is 12.8. The third-order valence-electron chi connectivity index (χ3n) is 7.91. The van der Waals surface area contributed by atoms with Crippen molar-refractivity contribution in [3.8, 4) is 23.3 Å². The maximum atomic E-state index is 12.9. The topological polar surface area (TPSA) is 150 Å². The first-order valence-corrected chi connectivity index (χ1v) is 16.6. The number of hydrogen-bond acceptors (Lipinski definition) is 10. The summed E-state index contributed by atoms with van der Waals surface area (Å²) in [6.07, 6.45) is 7.57. The van der Waals surface area contributed by atoms with Crippen LogP contribution in [0.5, 0.6) is 11.5 Å². The van der Waals surface area contributed by atoms with Crippen LogP contribution in [0, 0.1) is 17.3 Å². The van der Waals surface area contributed by atoms with Gasteiger partial charge in [-0.3, -0.25) is 20.4 Å². The molecule has 264 valence electrons. The van der Waals surface area contributed by atoms with Crippen LogP contribution in [-0.4, -0.2) is 72.3 Å². The number of carbonyl (C=O) groups is 2. The van der Waals surface area contributed by atoms with E-state index < -0.39 is 17.7 Å². The van der Waals surface area contributed by atoms with Crippen LogP contribution in [0.25, 0.3) is 0 Å². The van der Waals surface area contributed by atoms with E-state index in [-0.39, 0.29) is 17.7 Å². The van der Waals surface area contributed by atoms with Crippen LogP contribution in [0.3, 0.4) is 0 Å². The van der Waals surface area contributed by atoms with Gasteiger partial charge in [0.25, 0.3) is 5.91 Å². The fourth-order valence-electron chi connectivity index (χ4n) is 5.43. The Hall–Kier alpha value is -5.93. The summed E-state index contributed by atoms with van der Waals surface area (Å²) in [5, 5.41) is 19.3. The minimum Gasteiger partial charge on any atom is -0.497 e. The highest BCUT2D eigenvalue weighted by Crippen LogP contribution is 2.26. The van der Waals surface area contributed by atoms with Crippen molar-refractivity contribution in [2.24, 2.45) is 4.99 Å². The molecule has 5 rings (SSSR count). The van der Waals surface area contributed by atoms with Crippen LogP contribution in [0.4, 0.5) is 10.6 Å². The van der Waals surface area contributed by atoms with E-state index in [1.165, 1.54) is 0 Å². The van der Waals surface area contributed by atoms with Gasteiger partial charge in [-0.05, 0) is 69.2 Å². The van der Waals surface area contributed by atoms with E-state index in [0.717, 1.165) is 5.56 Å². The number of ether oxygens (including phenoxy) is 3. The number of nitrogens with zero attached hydrogens (tertiary/aromatic N) is 3. The zero-order valence-electron chi connectivity index (χ0n) is 29.4. The second-order valence-electron chi connectivity index (χ2n) is 12.8. The highest BCUT2D eigenvalue weighted by atomic mass is 16.6. The number of hydrogen-bond donors (Lipinski definition) is 4. The van der Waals surface area contributed by atoms with Gasteiger partial charge >= 0.3 is 6.09 Å². The predicted octanol–water partition coefficient (Wildman–Crippen LogP) is 5.68. The maximum absolute atomic E-state index is 12.9. The zero-order chi connectivity index (χ0) is 36.4. The number of nitrogens with one attached hydrogen (secondary N) is 4. The molecule has 12 heteroatoms. The highest BCUT2D eigenvalue weighted by Gasteiger charge is 2.30. The molecule has 1 unspecified atom stereocenters. The molecule has 1 aromatic heterocycles. The minimum atomic E-state index is -0.640. The largest absolute Gasteiger partial charge is 0.497 e. The van der Waals surface area contributed by atoms with E-state index in [0.29, 0.717) is 65.8 Å². The lowest BCUT2D eigenvalue weighted by atomic mass is 9.93. The minimum absolute atomic E-state index is 0.164. The number of pyridine rings is 1. The Morgan fingerprint density at radius 2 is 1.82 bits per heavy atom. The molecule has 12 nitrogen and oxygen atoms in total. The van der Waals surface area contributed by atoms with Crippen LogP contribution in [0.15, 0.2) is 95.5 Å². The lowest BCUT2D eigenvalue weighted by molar-refractivity contribution is 0.0311. The number of aromatic nitrogens is 1. The van der Waals surface area contributed by atoms with Crippen molar-refractivity contribution in [1.29, 1.82) is 5.41 Å². The third kappa shape index (κ3) is 9.83. The summed E-state index contributed by atoms with van der Waals surface area (Å²) in [5.41, 5.74) is 1.87. The fourth-order valence-corrected chi connectivity index (χ4v) is 5.43. The van der Waals surface area contributed by atoms with Crippen molar-refractivity contribution in [3.05, 3.63) is 107 Å². The lowest BCUT2D eigenvalue weighted by Crippen LogP contribution is -2.49. The van der Waals surface area contributed by atoms with Gasteiger partial charge < -0.3 is 24.8 Å². The molecule has 51 heavy (non-hydrogen) atoms. The molecule has 2 amide bonds. The molecule has 2 aromatic carbocycles. The molecule has 2 aliphatic heterocycles. The first kappa shape index (κ1) is 36.4. The summed E-state index contributed by atoms with van der Waals surface area (Å²) in [4.78, 5) is 36.3. The molecule has 0 fully saturated rings. The Bertz CT molecular complexity index is 1890. The number of anilines is 1. The Kier molecular flexibility index (Phi) is 11.9. The van der Waals surface area contributed by atoms with E-state index in [1.807, 2.05) is 45.0 Å². The fraction of sp³-hybridized carbons (Fsp3) is 0.308. The highest BCUT2D eigenvalue weighted by molar-refractivity contribution is 6.13. The summed E-state index contributed by atoms with van der Waals surface area (Å²) in [5.74, 6) is 8.36. The van der Waals surface area contributed by atoms with Crippen LogP contribution >= 0.6 is 0 Å². The van der Waals surface area contributed by atoms with Crippen molar-refractivity contribution in [1.82, 2.24) is 20.5 Å². The van der Waals surface area contributed by atoms with Gasteiger partial charge in [0.1, 0.15) is 34.8 Å². The first-order valence-electron chi connectivity index (χ1n) is 16.6. The quantitative estimate of drug-likeness (QED) is 0.148. The number of amides is 2. The first-order chi connectivity index (χ1) is 24.5. The zero-order valence-corrected chi connectivity index (χ0v) is 29.4. The van der Waals surface area contributed by atoms with Crippen LogP contribution in [0.1, 0.15) is 55.1 Å². The van der Waals surface area contributed by atoms with Gasteiger partial charge in [-0.25, -0.2) is 14.8 Å². The molecule has 3 aromatic rings.